The van der Waals surface area contributed by atoms with Crippen LogP contribution in [0.1, 0.15) is 17.5 Å². The number of anilines is 2. The van der Waals surface area contributed by atoms with Gasteiger partial charge in [0.1, 0.15) is 0 Å². The van der Waals surface area contributed by atoms with Crippen LogP contribution in [0.5, 0.6) is 0 Å². The van der Waals surface area contributed by atoms with Crippen LogP contribution < -0.4 is 10.2 Å². The molecular formula is C19H18Cl2N2O2. The Morgan fingerprint density at radius 2 is 1.84 bits per heavy atom. The highest BCUT2D eigenvalue weighted by Gasteiger charge is 2.36. The molecule has 0 unspecified atom stereocenters. The monoisotopic (exact) mass is 376 g/mol. The first-order valence-electron chi connectivity index (χ1n) is 7.99. The van der Waals surface area contributed by atoms with Gasteiger partial charge in [-0.15, -0.1) is 0 Å². The van der Waals surface area contributed by atoms with E-state index >= 15 is 0 Å². The SMILES string of the molecule is Cc1cccc(C)c1N1C[C@H](C(=O)Nc2cc(Cl)ccc2Cl)CC1=O. The van der Waals surface area contributed by atoms with Gasteiger partial charge in [0, 0.05) is 23.7 Å². The number of hydrogen-bond acceptors (Lipinski definition) is 2. The molecule has 2 aromatic carbocycles. The number of nitrogens with one attached hydrogen (secondary N) is 1. The molecule has 2 aromatic rings. The van der Waals surface area contributed by atoms with E-state index in [1.54, 1.807) is 23.1 Å². The summed E-state index contributed by atoms with van der Waals surface area (Å²) in [7, 11) is 0. The summed E-state index contributed by atoms with van der Waals surface area (Å²) in [5.74, 6) is -0.706. The van der Waals surface area contributed by atoms with Crippen LogP contribution in [0.2, 0.25) is 10.0 Å². The Kier molecular flexibility index (Phi) is 5.02. The summed E-state index contributed by atoms with van der Waals surface area (Å²) < 4.78 is 0. The number of carbonyl (C=O) groups excluding carboxylic acids is 2. The average molecular weight is 377 g/mol. The number of aryl methyl sites for hydroxylation is 2. The zero-order valence-electron chi connectivity index (χ0n) is 14.0. The molecule has 0 aliphatic carbocycles. The molecule has 0 radical (unpaired) electrons. The van der Waals surface area contributed by atoms with Gasteiger partial charge in [-0.3, -0.25) is 9.59 Å². The topological polar surface area (TPSA) is 49.4 Å². The predicted molar refractivity (Wildman–Crippen MR) is 101 cm³/mol. The molecule has 0 spiro atoms. The largest absolute Gasteiger partial charge is 0.324 e. The van der Waals surface area contributed by atoms with E-state index in [1.807, 2.05) is 32.0 Å². The van der Waals surface area contributed by atoms with Crippen molar-refractivity contribution >= 4 is 46.4 Å². The standard InChI is InChI=1S/C19H18Cl2N2O2/c1-11-4-3-5-12(2)18(11)23-10-13(8-17(23)24)19(25)22-16-9-14(20)6-7-15(16)21/h3-7,9,13H,8,10H2,1-2H3,(H,22,25)/t13-/m1/s1. The molecule has 3 rings (SSSR count). The average Bonchev–Trinajstić information content (AvgIpc) is 2.93. The molecule has 1 saturated heterocycles. The first-order chi connectivity index (χ1) is 11.9. The molecular weight excluding hydrogens is 359 g/mol. The minimum absolute atomic E-state index is 0.0465. The van der Waals surface area contributed by atoms with Crippen molar-refractivity contribution in [2.45, 2.75) is 20.3 Å². The molecule has 1 atom stereocenters. The number of benzene rings is 2. The van der Waals surface area contributed by atoms with Gasteiger partial charge in [0.05, 0.1) is 16.6 Å². The first-order valence-corrected chi connectivity index (χ1v) is 8.75. The number of halogens is 2. The third-order valence-corrected chi connectivity index (χ3v) is 4.96. The summed E-state index contributed by atoms with van der Waals surface area (Å²) in [6.07, 6.45) is 0.178. The second-order valence-corrected chi connectivity index (χ2v) is 7.10. The summed E-state index contributed by atoms with van der Waals surface area (Å²) >= 11 is 12.0. The quantitative estimate of drug-likeness (QED) is 0.850. The number of nitrogens with zero attached hydrogens (tertiary/aromatic N) is 1. The van der Waals surface area contributed by atoms with E-state index in [-0.39, 0.29) is 18.2 Å². The molecule has 130 valence electrons. The van der Waals surface area contributed by atoms with E-state index in [9.17, 15) is 9.59 Å². The lowest BCUT2D eigenvalue weighted by molar-refractivity contribution is -0.122. The Morgan fingerprint density at radius 1 is 1.16 bits per heavy atom. The van der Waals surface area contributed by atoms with Crippen LogP contribution in [0.25, 0.3) is 0 Å². The predicted octanol–water partition coefficient (Wildman–Crippen LogP) is 4.60. The fourth-order valence-corrected chi connectivity index (χ4v) is 3.50. The van der Waals surface area contributed by atoms with Gasteiger partial charge < -0.3 is 10.2 Å². The molecule has 0 saturated carbocycles. The minimum atomic E-state index is -0.429. The van der Waals surface area contributed by atoms with E-state index in [0.717, 1.165) is 16.8 Å². The van der Waals surface area contributed by atoms with E-state index in [1.165, 1.54) is 0 Å². The number of carbonyl (C=O) groups is 2. The lowest BCUT2D eigenvalue weighted by Gasteiger charge is -2.21. The van der Waals surface area contributed by atoms with Crippen molar-refractivity contribution in [2.24, 2.45) is 5.92 Å². The van der Waals surface area contributed by atoms with Gasteiger partial charge in [0.2, 0.25) is 11.8 Å². The van der Waals surface area contributed by atoms with Crippen LogP contribution in [0, 0.1) is 19.8 Å². The molecule has 0 bridgehead atoms. The normalized spacial score (nSPS) is 17.0. The van der Waals surface area contributed by atoms with Gasteiger partial charge >= 0.3 is 0 Å². The van der Waals surface area contributed by atoms with Gasteiger partial charge in [0.25, 0.3) is 0 Å². The van der Waals surface area contributed by atoms with Crippen molar-refractivity contribution in [2.75, 3.05) is 16.8 Å². The van der Waals surface area contributed by atoms with Gasteiger partial charge in [-0.05, 0) is 43.2 Å². The molecule has 2 amide bonds. The van der Waals surface area contributed by atoms with E-state index < -0.39 is 5.92 Å². The van der Waals surface area contributed by atoms with E-state index in [0.29, 0.717) is 22.3 Å². The summed E-state index contributed by atoms with van der Waals surface area (Å²) in [6, 6.07) is 10.8. The summed E-state index contributed by atoms with van der Waals surface area (Å²) in [5.41, 5.74) is 3.39. The Morgan fingerprint density at radius 3 is 2.52 bits per heavy atom. The van der Waals surface area contributed by atoms with Crippen molar-refractivity contribution in [3.05, 3.63) is 57.6 Å². The zero-order valence-corrected chi connectivity index (χ0v) is 15.5. The summed E-state index contributed by atoms with van der Waals surface area (Å²) in [6.45, 7) is 4.29. The van der Waals surface area contributed by atoms with Gasteiger partial charge in [0.15, 0.2) is 0 Å². The van der Waals surface area contributed by atoms with Crippen LogP contribution in [-0.4, -0.2) is 18.4 Å². The molecule has 1 aliphatic rings. The molecule has 25 heavy (non-hydrogen) atoms. The first kappa shape index (κ1) is 17.8. The fourth-order valence-electron chi connectivity index (χ4n) is 3.16. The highest BCUT2D eigenvalue weighted by Crippen LogP contribution is 2.32. The van der Waals surface area contributed by atoms with Gasteiger partial charge in [-0.2, -0.15) is 0 Å². The molecule has 0 aromatic heterocycles. The number of amides is 2. The Labute approximate surface area is 156 Å². The maximum absolute atomic E-state index is 12.6. The Bertz CT molecular complexity index is 831. The van der Waals surface area contributed by atoms with Crippen LogP contribution >= 0.6 is 23.2 Å². The van der Waals surface area contributed by atoms with Crippen LogP contribution in [0.4, 0.5) is 11.4 Å². The van der Waals surface area contributed by atoms with E-state index in [4.69, 9.17) is 23.2 Å². The third kappa shape index (κ3) is 3.65. The van der Waals surface area contributed by atoms with Crippen molar-refractivity contribution in [1.82, 2.24) is 0 Å². The van der Waals surface area contributed by atoms with Crippen molar-refractivity contribution in [3.8, 4) is 0 Å². The van der Waals surface area contributed by atoms with Crippen molar-refractivity contribution in [1.29, 1.82) is 0 Å². The smallest absolute Gasteiger partial charge is 0.229 e. The van der Waals surface area contributed by atoms with Gasteiger partial charge in [-0.25, -0.2) is 0 Å². The Balaban J connectivity index is 1.78. The van der Waals surface area contributed by atoms with Crippen molar-refractivity contribution in [3.63, 3.8) is 0 Å². The molecule has 4 nitrogen and oxygen atoms in total. The number of rotatable bonds is 3. The van der Waals surface area contributed by atoms with Gasteiger partial charge in [-0.1, -0.05) is 41.4 Å². The molecule has 6 heteroatoms. The maximum Gasteiger partial charge on any atom is 0.229 e. The molecule has 1 heterocycles. The molecule has 1 N–H and O–H groups in total. The van der Waals surface area contributed by atoms with Crippen LogP contribution in [0.15, 0.2) is 36.4 Å². The van der Waals surface area contributed by atoms with Crippen molar-refractivity contribution < 1.29 is 9.59 Å². The third-order valence-electron chi connectivity index (χ3n) is 4.39. The maximum atomic E-state index is 12.6. The van der Waals surface area contributed by atoms with Crippen LogP contribution in [-0.2, 0) is 9.59 Å². The summed E-state index contributed by atoms with van der Waals surface area (Å²) in [5, 5.41) is 3.68. The summed E-state index contributed by atoms with van der Waals surface area (Å²) in [4.78, 5) is 26.7. The second-order valence-electron chi connectivity index (χ2n) is 6.26. The molecule has 1 aliphatic heterocycles. The lowest BCUT2D eigenvalue weighted by atomic mass is 10.1. The number of para-hydroxylation sites is 1. The highest BCUT2D eigenvalue weighted by molar-refractivity contribution is 6.35. The Hall–Kier alpha value is -2.04. The fraction of sp³-hybridized carbons (Fsp3) is 0.263. The lowest BCUT2D eigenvalue weighted by Crippen LogP contribution is -2.29. The molecule has 1 fully saturated rings. The minimum Gasteiger partial charge on any atom is -0.324 e. The van der Waals surface area contributed by atoms with E-state index in [2.05, 4.69) is 5.32 Å². The van der Waals surface area contributed by atoms with Crippen LogP contribution in [0.3, 0.4) is 0 Å². The number of hydrogen-bond donors (Lipinski definition) is 1. The second kappa shape index (κ2) is 7.06. The zero-order chi connectivity index (χ0) is 18.1. The highest BCUT2D eigenvalue weighted by atomic mass is 35.5.